The lowest BCUT2D eigenvalue weighted by Crippen LogP contribution is -2.32. The van der Waals surface area contributed by atoms with Gasteiger partial charge in [-0.25, -0.2) is 32.6 Å². The van der Waals surface area contributed by atoms with Crippen molar-refractivity contribution in [1.29, 1.82) is 0 Å². The van der Waals surface area contributed by atoms with Crippen molar-refractivity contribution in [2.24, 2.45) is 4.99 Å². The van der Waals surface area contributed by atoms with E-state index in [0.29, 0.717) is 6.54 Å². The Hall–Kier alpha value is -3.01. The van der Waals surface area contributed by atoms with Crippen LogP contribution in [0.2, 0.25) is 0 Å². The maximum atomic E-state index is 12.4. The summed E-state index contributed by atoms with van der Waals surface area (Å²) in [7, 11) is 1.96. The predicted molar refractivity (Wildman–Crippen MR) is 143 cm³/mol. The number of alkyl halides is 3. The first-order chi connectivity index (χ1) is 17.1. The number of nitrogens with two attached hydrogens (primary N) is 1. The van der Waals surface area contributed by atoms with Gasteiger partial charge in [-0.3, -0.25) is 0 Å². The first-order valence-electron chi connectivity index (χ1n) is 12.3. The minimum Gasteiger partial charge on any atom is -0.367 e. The summed E-state index contributed by atoms with van der Waals surface area (Å²) in [6.07, 6.45) is 4.49. The van der Waals surface area contributed by atoms with E-state index in [0.717, 1.165) is 53.1 Å². The number of hydrogen-bond acceptors (Lipinski definition) is 6. The van der Waals surface area contributed by atoms with Gasteiger partial charge in [0.25, 0.3) is 0 Å². The minimum atomic E-state index is -2.12. The fourth-order valence-corrected chi connectivity index (χ4v) is 3.30. The highest BCUT2D eigenvalue weighted by atomic mass is 19.3. The Morgan fingerprint density at radius 1 is 1.22 bits per heavy atom. The standard InChI is InChI=1S/C15H16N6.C6H12FN.C3H6F2.C2H6/c1-9(2)19-14-10(3)6-11(7-17-14)12-4-5-21-13(12)8-18-15(16)20-21;1-8-4-2-3-6(7)5-8;1-2-3(4)5;1-2/h4-8H,1-3H3,(H2,16,20);6H,2-5H2,1H3;3H,2H2,1H3;1-2H3/t;6-;;/m.1../s1. The summed E-state index contributed by atoms with van der Waals surface area (Å²) in [5.41, 5.74) is 10.5. The fourth-order valence-electron chi connectivity index (χ4n) is 3.30. The molecule has 2 N–H and O–H groups in total. The van der Waals surface area contributed by atoms with Crippen LogP contribution in [0.3, 0.4) is 0 Å². The molecule has 1 atom stereocenters. The summed E-state index contributed by atoms with van der Waals surface area (Å²) in [6.45, 7) is 13.1. The fraction of sp³-hybridized carbons (Fsp3) is 0.538. The van der Waals surface area contributed by atoms with Gasteiger partial charge < -0.3 is 10.6 Å². The van der Waals surface area contributed by atoms with Gasteiger partial charge in [0.05, 0.1) is 11.7 Å². The lowest BCUT2D eigenvalue weighted by atomic mass is 10.1. The molecule has 4 heterocycles. The highest BCUT2D eigenvalue weighted by Gasteiger charge is 2.14. The number of fused-ring (bicyclic) bond motifs is 1. The van der Waals surface area contributed by atoms with Crippen LogP contribution in [0.1, 0.15) is 59.4 Å². The molecule has 1 fully saturated rings. The van der Waals surface area contributed by atoms with Crippen LogP contribution in [0.25, 0.3) is 16.6 Å². The summed E-state index contributed by atoms with van der Waals surface area (Å²) in [5.74, 6) is 1.00. The van der Waals surface area contributed by atoms with Crippen molar-refractivity contribution >= 4 is 23.0 Å². The number of piperidine rings is 1. The third kappa shape index (κ3) is 10.3. The van der Waals surface area contributed by atoms with Crippen molar-refractivity contribution < 1.29 is 13.2 Å². The molecule has 200 valence electrons. The molecule has 3 aromatic rings. The van der Waals surface area contributed by atoms with Crippen LogP contribution in [0.4, 0.5) is 24.9 Å². The van der Waals surface area contributed by atoms with Gasteiger partial charge in [-0.1, -0.05) is 20.8 Å². The number of likely N-dealkylation sites (tertiary alicyclic amines) is 1. The maximum absolute atomic E-state index is 12.4. The molecule has 0 unspecified atom stereocenters. The van der Waals surface area contributed by atoms with Crippen molar-refractivity contribution in [1.82, 2.24) is 24.5 Å². The maximum Gasteiger partial charge on any atom is 0.238 e. The van der Waals surface area contributed by atoms with Crippen molar-refractivity contribution in [2.75, 3.05) is 25.9 Å². The molecule has 0 bridgehead atoms. The van der Waals surface area contributed by atoms with E-state index in [2.05, 4.69) is 26.1 Å². The van der Waals surface area contributed by atoms with E-state index in [-0.39, 0.29) is 12.4 Å². The molecular weight excluding hydrogens is 467 g/mol. The molecular formula is C26H40F3N7. The number of aromatic nitrogens is 4. The average molecular weight is 508 g/mol. The molecule has 0 aliphatic carbocycles. The molecule has 10 heteroatoms. The number of aryl methyl sites for hydroxylation is 1. The second-order valence-corrected chi connectivity index (χ2v) is 8.40. The SMILES string of the molecule is CC.CC(C)=Nc1ncc(-c2ccn3nc(N)ncc23)cc1C.CCC(F)F.CN1CCC[C@@H](F)C1. The molecule has 3 aromatic heterocycles. The summed E-state index contributed by atoms with van der Waals surface area (Å²) in [5, 5.41) is 4.14. The lowest BCUT2D eigenvalue weighted by molar-refractivity contribution is 0.144. The largest absolute Gasteiger partial charge is 0.367 e. The van der Waals surface area contributed by atoms with Crippen molar-refractivity contribution in [2.45, 2.75) is 73.4 Å². The van der Waals surface area contributed by atoms with Crippen molar-refractivity contribution in [3.63, 3.8) is 0 Å². The van der Waals surface area contributed by atoms with Crippen LogP contribution in [0, 0.1) is 6.92 Å². The van der Waals surface area contributed by atoms with Crippen LogP contribution in [0.5, 0.6) is 0 Å². The monoisotopic (exact) mass is 507 g/mol. The highest BCUT2D eigenvalue weighted by molar-refractivity contribution is 5.83. The Bertz CT molecular complexity index is 1070. The van der Waals surface area contributed by atoms with E-state index in [1.54, 1.807) is 10.7 Å². The van der Waals surface area contributed by atoms with Gasteiger partial charge in [0.15, 0.2) is 5.82 Å². The average Bonchev–Trinajstić information content (AvgIpc) is 3.25. The predicted octanol–water partition coefficient (Wildman–Crippen LogP) is 6.53. The molecule has 0 radical (unpaired) electrons. The van der Waals surface area contributed by atoms with Crippen LogP contribution >= 0.6 is 0 Å². The van der Waals surface area contributed by atoms with Gasteiger partial charge >= 0.3 is 0 Å². The summed E-state index contributed by atoms with van der Waals surface area (Å²) in [6, 6.07) is 4.05. The Labute approximate surface area is 212 Å². The number of hydrogen-bond donors (Lipinski definition) is 1. The zero-order valence-electron chi connectivity index (χ0n) is 22.5. The smallest absolute Gasteiger partial charge is 0.238 e. The van der Waals surface area contributed by atoms with Crippen LogP contribution in [-0.4, -0.2) is 62.9 Å². The van der Waals surface area contributed by atoms with Crippen LogP contribution < -0.4 is 5.73 Å². The third-order valence-electron chi connectivity index (χ3n) is 5.00. The van der Waals surface area contributed by atoms with Crippen molar-refractivity contribution in [3.8, 4) is 11.1 Å². The Morgan fingerprint density at radius 3 is 2.39 bits per heavy atom. The van der Waals surface area contributed by atoms with Gasteiger partial charge in [0, 0.05) is 42.2 Å². The van der Waals surface area contributed by atoms with Crippen LogP contribution in [-0.2, 0) is 0 Å². The summed E-state index contributed by atoms with van der Waals surface area (Å²) in [4.78, 5) is 14.9. The van der Waals surface area contributed by atoms with Crippen molar-refractivity contribution in [3.05, 3.63) is 36.3 Å². The number of halogens is 3. The van der Waals surface area contributed by atoms with Gasteiger partial charge in [-0.05, 0) is 64.9 Å². The van der Waals surface area contributed by atoms with Gasteiger partial charge in [-0.2, -0.15) is 0 Å². The zero-order chi connectivity index (χ0) is 27.3. The Balaban J connectivity index is 0.000000356. The number of nitrogens with zero attached hydrogens (tertiary/aromatic N) is 6. The molecule has 0 saturated carbocycles. The molecule has 0 amide bonds. The normalized spacial score (nSPS) is 15.1. The van der Waals surface area contributed by atoms with E-state index in [4.69, 9.17) is 5.73 Å². The topological polar surface area (TPSA) is 84.7 Å². The molecule has 0 aromatic carbocycles. The molecule has 4 rings (SSSR count). The lowest BCUT2D eigenvalue weighted by Gasteiger charge is -2.24. The molecule has 36 heavy (non-hydrogen) atoms. The molecule has 1 aliphatic rings. The molecule has 0 spiro atoms. The Kier molecular flexibility index (Phi) is 13.7. The van der Waals surface area contributed by atoms with E-state index >= 15 is 0 Å². The second-order valence-electron chi connectivity index (χ2n) is 8.40. The molecule has 1 aliphatic heterocycles. The van der Waals surface area contributed by atoms with Gasteiger partial charge in [0.2, 0.25) is 12.4 Å². The number of nitrogen functional groups attached to an aromatic ring is 1. The summed E-state index contributed by atoms with van der Waals surface area (Å²) < 4.78 is 35.6. The highest BCUT2D eigenvalue weighted by Crippen LogP contribution is 2.28. The minimum absolute atomic E-state index is 0.0278. The quantitative estimate of drug-likeness (QED) is 0.407. The molecule has 1 saturated heterocycles. The molecule has 7 nitrogen and oxygen atoms in total. The number of pyridine rings is 1. The first-order valence-corrected chi connectivity index (χ1v) is 12.3. The van der Waals surface area contributed by atoms with Gasteiger partial charge in [-0.15, -0.1) is 5.10 Å². The first kappa shape index (κ1) is 31.0. The van der Waals surface area contributed by atoms with E-state index in [9.17, 15) is 13.2 Å². The Morgan fingerprint density at radius 2 is 1.89 bits per heavy atom. The second kappa shape index (κ2) is 15.9. The summed E-state index contributed by atoms with van der Waals surface area (Å²) >= 11 is 0. The van der Waals surface area contributed by atoms with E-state index < -0.39 is 12.6 Å². The third-order valence-corrected chi connectivity index (χ3v) is 5.00. The van der Waals surface area contributed by atoms with E-state index in [1.165, 1.54) is 6.92 Å². The van der Waals surface area contributed by atoms with E-state index in [1.807, 2.05) is 65.0 Å². The van der Waals surface area contributed by atoms with Crippen LogP contribution in [0.15, 0.2) is 35.7 Å². The number of anilines is 1. The number of rotatable bonds is 3. The zero-order valence-corrected chi connectivity index (χ0v) is 22.5. The number of aliphatic imine (C=N–C) groups is 1. The van der Waals surface area contributed by atoms with Gasteiger partial charge in [0.1, 0.15) is 6.17 Å².